The van der Waals surface area contributed by atoms with Crippen LogP contribution in [-0.4, -0.2) is 10.1 Å². The molecule has 5 heteroatoms. The second-order valence-corrected chi connectivity index (χ2v) is 6.80. The zero-order chi connectivity index (χ0) is 13.4. The third kappa shape index (κ3) is 2.59. The van der Waals surface area contributed by atoms with Crippen molar-refractivity contribution in [2.75, 3.05) is 0 Å². The number of aliphatic hydroxyl groups excluding tert-OH is 1. The lowest BCUT2D eigenvalue weighted by atomic mass is 10.2. The summed E-state index contributed by atoms with van der Waals surface area (Å²) < 4.78 is 6.67. The molecule has 1 aromatic carbocycles. The topological polar surface area (TPSA) is 46.3 Å². The number of aliphatic hydroxyl groups is 1. The summed E-state index contributed by atoms with van der Waals surface area (Å²) in [6.07, 6.45) is -0.191. The molecule has 0 saturated carbocycles. The minimum Gasteiger partial charge on any atom is -0.441 e. The van der Waals surface area contributed by atoms with Crippen LogP contribution in [0.15, 0.2) is 38.5 Å². The van der Waals surface area contributed by atoms with Crippen molar-refractivity contribution in [3.63, 3.8) is 0 Å². The maximum absolute atomic E-state index is 10.2. The third-order valence-corrected chi connectivity index (χ3v) is 5.15. The van der Waals surface area contributed by atoms with Crippen molar-refractivity contribution in [2.45, 2.75) is 19.4 Å². The average Bonchev–Trinajstić information content (AvgIpc) is 2.93. The molecule has 1 N–H and O–H groups in total. The van der Waals surface area contributed by atoms with Crippen LogP contribution in [0.5, 0.6) is 0 Å². The molecule has 1 unspecified atom stereocenters. The quantitative estimate of drug-likeness (QED) is 0.777. The number of hydrogen-bond acceptors (Lipinski definition) is 4. The SMILES string of the molecule is Cc1cc(C(O)Cc2nc3ccccc3o2)sc1Br. The predicted octanol–water partition coefficient (Wildman–Crippen LogP) is 4.24. The number of nitrogens with zero attached hydrogens (tertiary/aromatic N) is 1. The van der Waals surface area contributed by atoms with Gasteiger partial charge < -0.3 is 9.52 Å². The smallest absolute Gasteiger partial charge is 0.198 e. The van der Waals surface area contributed by atoms with Gasteiger partial charge in [-0.15, -0.1) is 11.3 Å². The number of fused-ring (bicyclic) bond motifs is 1. The molecule has 2 heterocycles. The molecule has 0 spiro atoms. The number of aryl methyl sites for hydroxylation is 1. The second kappa shape index (κ2) is 5.07. The molecule has 3 aromatic rings. The van der Waals surface area contributed by atoms with E-state index < -0.39 is 6.10 Å². The molecular formula is C14H12BrNO2S. The molecule has 0 amide bonds. The number of benzene rings is 1. The predicted molar refractivity (Wildman–Crippen MR) is 79.4 cm³/mol. The van der Waals surface area contributed by atoms with Crippen molar-refractivity contribution < 1.29 is 9.52 Å². The van der Waals surface area contributed by atoms with Crippen LogP contribution in [0.3, 0.4) is 0 Å². The van der Waals surface area contributed by atoms with Crippen LogP contribution in [0, 0.1) is 6.92 Å². The highest BCUT2D eigenvalue weighted by Gasteiger charge is 2.16. The van der Waals surface area contributed by atoms with Gasteiger partial charge in [0, 0.05) is 4.88 Å². The van der Waals surface area contributed by atoms with Crippen molar-refractivity contribution in [3.8, 4) is 0 Å². The van der Waals surface area contributed by atoms with Crippen LogP contribution in [-0.2, 0) is 6.42 Å². The van der Waals surface area contributed by atoms with Crippen molar-refractivity contribution in [3.05, 3.63) is 50.4 Å². The Balaban J connectivity index is 1.84. The van der Waals surface area contributed by atoms with E-state index in [9.17, 15) is 5.11 Å². The van der Waals surface area contributed by atoms with Gasteiger partial charge in [0.25, 0.3) is 0 Å². The van der Waals surface area contributed by atoms with Gasteiger partial charge in [-0.1, -0.05) is 12.1 Å². The fourth-order valence-corrected chi connectivity index (χ4v) is 3.48. The molecule has 98 valence electrons. The third-order valence-electron chi connectivity index (χ3n) is 2.91. The van der Waals surface area contributed by atoms with E-state index in [-0.39, 0.29) is 0 Å². The number of thiophene rings is 1. The van der Waals surface area contributed by atoms with Gasteiger partial charge in [-0.2, -0.15) is 0 Å². The minimum atomic E-state index is -0.580. The van der Waals surface area contributed by atoms with Crippen LogP contribution in [0.25, 0.3) is 11.1 Å². The van der Waals surface area contributed by atoms with E-state index in [1.807, 2.05) is 37.3 Å². The van der Waals surface area contributed by atoms with Gasteiger partial charge in [-0.3, -0.25) is 0 Å². The molecule has 0 aliphatic heterocycles. The molecule has 3 nitrogen and oxygen atoms in total. The van der Waals surface area contributed by atoms with Crippen LogP contribution < -0.4 is 0 Å². The lowest BCUT2D eigenvalue weighted by molar-refractivity contribution is 0.173. The van der Waals surface area contributed by atoms with E-state index in [0.29, 0.717) is 12.3 Å². The summed E-state index contributed by atoms with van der Waals surface area (Å²) in [6.45, 7) is 2.01. The summed E-state index contributed by atoms with van der Waals surface area (Å²) >= 11 is 5.01. The van der Waals surface area contributed by atoms with Gasteiger partial charge in [0.2, 0.25) is 0 Å². The Morgan fingerprint density at radius 1 is 1.42 bits per heavy atom. The molecule has 0 saturated heterocycles. The molecule has 0 aliphatic carbocycles. The molecule has 2 aromatic heterocycles. The first-order valence-corrected chi connectivity index (χ1v) is 7.53. The standard InChI is InChI=1S/C14H12BrNO2S/c1-8-6-12(19-14(8)15)10(17)7-13-16-9-4-2-3-5-11(9)18-13/h2-6,10,17H,7H2,1H3. The fraction of sp³-hybridized carbons (Fsp3) is 0.214. The van der Waals surface area contributed by atoms with E-state index in [1.165, 1.54) is 0 Å². The Morgan fingerprint density at radius 2 is 2.21 bits per heavy atom. The van der Waals surface area contributed by atoms with E-state index in [2.05, 4.69) is 20.9 Å². The van der Waals surface area contributed by atoms with Gasteiger partial charge in [0.15, 0.2) is 11.5 Å². The lowest BCUT2D eigenvalue weighted by Gasteiger charge is -2.04. The normalized spacial score (nSPS) is 13.0. The molecule has 1 atom stereocenters. The Labute approximate surface area is 123 Å². The zero-order valence-corrected chi connectivity index (χ0v) is 12.7. The summed E-state index contributed by atoms with van der Waals surface area (Å²) in [6, 6.07) is 9.60. The number of rotatable bonds is 3. The number of hydrogen-bond donors (Lipinski definition) is 1. The lowest BCUT2D eigenvalue weighted by Crippen LogP contribution is -1.99. The number of oxazole rings is 1. The number of halogens is 1. The van der Waals surface area contributed by atoms with E-state index in [1.54, 1.807) is 11.3 Å². The van der Waals surface area contributed by atoms with E-state index >= 15 is 0 Å². The van der Waals surface area contributed by atoms with Crippen LogP contribution in [0.4, 0.5) is 0 Å². The Hall–Kier alpha value is -1.17. The summed E-state index contributed by atoms with van der Waals surface area (Å²) in [5.74, 6) is 0.566. The van der Waals surface area contributed by atoms with Crippen molar-refractivity contribution in [1.29, 1.82) is 0 Å². The molecule has 19 heavy (non-hydrogen) atoms. The van der Waals surface area contributed by atoms with Crippen LogP contribution in [0.1, 0.15) is 22.4 Å². The van der Waals surface area contributed by atoms with Gasteiger partial charge >= 0.3 is 0 Å². The molecule has 0 aliphatic rings. The minimum absolute atomic E-state index is 0.390. The monoisotopic (exact) mass is 337 g/mol. The van der Waals surface area contributed by atoms with E-state index in [0.717, 1.165) is 25.3 Å². The highest BCUT2D eigenvalue weighted by molar-refractivity contribution is 9.11. The zero-order valence-electron chi connectivity index (χ0n) is 10.3. The van der Waals surface area contributed by atoms with Crippen molar-refractivity contribution >= 4 is 38.4 Å². The number of para-hydroxylation sites is 2. The summed E-state index contributed by atoms with van der Waals surface area (Å²) in [7, 11) is 0. The van der Waals surface area contributed by atoms with Crippen LogP contribution >= 0.6 is 27.3 Å². The van der Waals surface area contributed by atoms with Gasteiger partial charge in [0.1, 0.15) is 5.52 Å². The first-order valence-electron chi connectivity index (χ1n) is 5.92. The number of aromatic nitrogens is 1. The molecule has 3 rings (SSSR count). The highest BCUT2D eigenvalue weighted by atomic mass is 79.9. The molecule has 0 fully saturated rings. The summed E-state index contributed by atoms with van der Waals surface area (Å²) in [4.78, 5) is 5.30. The Morgan fingerprint density at radius 3 is 2.89 bits per heavy atom. The molecule has 0 bridgehead atoms. The van der Waals surface area contributed by atoms with Crippen molar-refractivity contribution in [2.24, 2.45) is 0 Å². The maximum atomic E-state index is 10.2. The van der Waals surface area contributed by atoms with Gasteiger partial charge in [0.05, 0.1) is 16.3 Å². The first kappa shape index (κ1) is 12.8. The first-order chi connectivity index (χ1) is 9.13. The fourth-order valence-electron chi connectivity index (χ4n) is 1.92. The maximum Gasteiger partial charge on any atom is 0.198 e. The van der Waals surface area contributed by atoms with E-state index in [4.69, 9.17) is 4.42 Å². The molecule has 0 radical (unpaired) electrons. The van der Waals surface area contributed by atoms with Crippen molar-refractivity contribution in [1.82, 2.24) is 4.98 Å². The van der Waals surface area contributed by atoms with Gasteiger partial charge in [-0.25, -0.2) is 4.98 Å². The Kier molecular flexibility index (Phi) is 3.43. The largest absolute Gasteiger partial charge is 0.441 e. The summed E-state index contributed by atoms with van der Waals surface area (Å²) in [5.41, 5.74) is 2.72. The Bertz CT molecular complexity index is 667. The van der Waals surface area contributed by atoms with Crippen LogP contribution in [0.2, 0.25) is 0 Å². The summed E-state index contributed by atoms with van der Waals surface area (Å²) in [5, 5.41) is 10.2. The average molecular weight is 338 g/mol. The second-order valence-electron chi connectivity index (χ2n) is 4.40. The molecular weight excluding hydrogens is 326 g/mol. The highest BCUT2D eigenvalue weighted by Crippen LogP contribution is 2.33. The van der Waals surface area contributed by atoms with Gasteiger partial charge in [-0.05, 0) is 46.6 Å².